The molecule has 0 saturated carbocycles. The molecular weight excluding hydrogens is 494 g/mol. The average molecular weight is 528 g/mol. The van der Waals surface area contributed by atoms with Gasteiger partial charge in [0.25, 0.3) is 0 Å². The van der Waals surface area contributed by atoms with Crippen LogP contribution in [0.4, 0.5) is 0 Å². The van der Waals surface area contributed by atoms with Crippen molar-refractivity contribution in [1.29, 1.82) is 0 Å². The standard InChI is InChI=1S/C12H27P.C8H6.CO.Pt/c1-10(2,3)13(11(4,5)6)12(7,8)9;1-2-8-6-4-3-5-7-8;1-2;/h1-9H3;1,3-7H;;. The van der Waals surface area contributed by atoms with Gasteiger partial charge < -0.3 is 0 Å². The third-order valence-electron chi connectivity index (χ3n) is 2.95. The minimum Gasteiger partial charge on any atom is -0.0622 e. The van der Waals surface area contributed by atoms with Crippen molar-refractivity contribution in [3.05, 3.63) is 55.2 Å². The summed E-state index contributed by atoms with van der Waals surface area (Å²) < 4.78 is 7.50. The molecule has 1 rings (SSSR count). The van der Waals surface area contributed by atoms with Crippen molar-refractivity contribution in [2.75, 3.05) is 0 Å². The Balaban J connectivity index is -0.000000344. The van der Waals surface area contributed by atoms with E-state index >= 15 is 0 Å². The van der Waals surface area contributed by atoms with Crippen LogP contribution in [-0.4, -0.2) is 15.5 Å². The Morgan fingerprint density at radius 1 is 0.792 bits per heavy atom. The van der Waals surface area contributed by atoms with E-state index in [0.717, 1.165) is 5.56 Å². The summed E-state index contributed by atoms with van der Waals surface area (Å²) in [5, 5.41) is 1.35. The van der Waals surface area contributed by atoms with Gasteiger partial charge in [-0.1, -0.05) is 107 Å². The van der Waals surface area contributed by atoms with Crippen LogP contribution < -0.4 is 0 Å². The second-order valence-electron chi connectivity index (χ2n) is 8.36. The van der Waals surface area contributed by atoms with Gasteiger partial charge in [0.15, 0.2) is 0 Å². The van der Waals surface area contributed by atoms with Gasteiger partial charge in [0.2, 0.25) is 0 Å². The molecule has 0 heterocycles. The minimum absolute atomic E-state index is 0. The smallest absolute Gasteiger partial charge is 0 e. The zero-order valence-electron chi connectivity index (χ0n) is 16.6. The fraction of sp³-hybridized carbons (Fsp3) is 0.571. The van der Waals surface area contributed by atoms with Crippen LogP contribution in [-0.2, 0) is 25.7 Å². The van der Waals surface area contributed by atoms with Gasteiger partial charge in [-0.25, -0.2) is 0 Å². The van der Waals surface area contributed by atoms with E-state index in [4.69, 9.17) is 11.2 Å². The van der Waals surface area contributed by atoms with Gasteiger partial charge >= 0.3 is 11.3 Å². The molecule has 0 unspecified atom stereocenters. The SMILES string of the molecule is CC(C)(C)P(C(C)(C)C)C(C)(C)C.[C-]#[O+].[CH]=[C]c1ccccc1.[Pt]. The zero-order chi connectivity index (χ0) is 18.9. The van der Waals surface area contributed by atoms with Gasteiger partial charge in [0.05, 0.1) is 0 Å². The first-order valence-corrected chi connectivity index (χ1v) is 9.17. The van der Waals surface area contributed by atoms with Crippen molar-refractivity contribution < 1.29 is 25.7 Å². The van der Waals surface area contributed by atoms with Gasteiger partial charge in [-0.15, -0.1) is 0 Å². The predicted molar refractivity (Wildman–Crippen MR) is 103 cm³/mol. The summed E-state index contributed by atoms with van der Waals surface area (Å²) in [6.07, 6.45) is 2.53. The van der Waals surface area contributed by atoms with Crippen molar-refractivity contribution >= 4 is 7.92 Å². The Morgan fingerprint density at radius 2 is 1.08 bits per heavy atom. The zero-order valence-corrected chi connectivity index (χ0v) is 19.8. The molecule has 0 N–H and O–H groups in total. The maximum atomic E-state index is 7.50. The third-order valence-corrected chi connectivity index (χ3v) is 6.98. The molecule has 0 saturated heterocycles. The van der Waals surface area contributed by atoms with Gasteiger partial charge in [-0.3, -0.25) is 0 Å². The number of hydrogen-bond acceptors (Lipinski definition) is 0. The van der Waals surface area contributed by atoms with Crippen LogP contribution in [0.2, 0.25) is 0 Å². The summed E-state index contributed by atoms with van der Waals surface area (Å²) in [7, 11) is 0.0162. The maximum Gasteiger partial charge on any atom is 0 e. The Labute approximate surface area is 166 Å². The Kier molecular flexibility index (Phi) is 14.6. The molecular formula is C21H33OPPt. The Morgan fingerprint density at radius 3 is 1.21 bits per heavy atom. The topological polar surface area (TPSA) is 19.9 Å². The van der Waals surface area contributed by atoms with Gasteiger partial charge in [0, 0.05) is 21.1 Å². The molecule has 0 amide bonds. The van der Waals surface area contributed by atoms with Gasteiger partial charge in [-0.05, 0) is 27.1 Å². The second-order valence-corrected chi connectivity index (χ2v) is 13.1. The largest absolute Gasteiger partial charge is 0.0622 e. The fourth-order valence-electron chi connectivity index (χ4n) is 3.55. The van der Waals surface area contributed by atoms with E-state index in [1.54, 1.807) is 0 Å². The van der Waals surface area contributed by atoms with Crippen LogP contribution in [0.15, 0.2) is 30.3 Å². The van der Waals surface area contributed by atoms with Crippen LogP contribution in [0.5, 0.6) is 0 Å². The summed E-state index contributed by atoms with van der Waals surface area (Å²) in [6.45, 7) is 31.1. The van der Waals surface area contributed by atoms with Gasteiger partial charge in [-0.2, -0.15) is 0 Å². The molecule has 138 valence electrons. The molecule has 3 heteroatoms. The second kappa shape index (κ2) is 12.2. The summed E-state index contributed by atoms with van der Waals surface area (Å²) in [5.74, 6) is 0. The van der Waals surface area contributed by atoms with Crippen LogP contribution >= 0.6 is 7.92 Å². The van der Waals surface area contributed by atoms with Crippen LogP contribution in [0.1, 0.15) is 67.9 Å². The van der Waals surface area contributed by atoms with E-state index < -0.39 is 0 Å². The number of hydrogen-bond donors (Lipinski definition) is 0. The maximum absolute atomic E-state index is 7.50. The molecule has 0 fully saturated rings. The van der Waals surface area contributed by atoms with E-state index in [1.165, 1.54) is 0 Å². The first kappa shape index (κ1) is 28.6. The number of benzene rings is 1. The third kappa shape index (κ3) is 12.2. The summed E-state index contributed by atoms with van der Waals surface area (Å²) in [4.78, 5) is 0. The molecule has 0 aliphatic rings. The molecule has 1 nitrogen and oxygen atoms in total. The van der Waals surface area contributed by atoms with E-state index in [9.17, 15) is 0 Å². The van der Waals surface area contributed by atoms with E-state index in [1.807, 2.05) is 30.3 Å². The van der Waals surface area contributed by atoms with Crippen LogP contribution in [0.25, 0.3) is 0 Å². The van der Waals surface area contributed by atoms with Crippen molar-refractivity contribution in [3.63, 3.8) is 0 Å². The minimum atomic E-state index is 0. The predicted octanol–water partition coefficient (Wildman–Crippen LogP) is 6.65. The first-order valence-electron chi connectivity index (χ1n) is 7.82. The van der Waals surface area contributed by atoms with Crippen LogP contribution in [0.3, 0.4) is 0 Å². The molecule has 0 aliphatic carbocycles. The molecule has 0 aliphatic heterocycles. The quantitative estimate of drug-likeness (QED) is 0.221. The molecule has 0 spiro atoms. The monoisotopic (exact) mass is 527 g/mol. The summed E-state index contributed by atoms with van der Waals surface area (Å²) in [6, 6.07) is 9.60. The van der Waals surface area contributed by atoms with E-state index in [2.05, 4.69) is 75.0 Å². The van der Waals surface area contributed by atoms with E-state index in [-0.39, 0.29) is 29.0 Å². The Hall–Kier alpha value is -0.182. The average Bonchev–Trinajstić information content (AvgIpc) is 2.37. The summed E-state index contributed by atoms with van der Waals surface area (Å²) in [5.41, 5.74) is 0.938. The van der Waals surface area contributed by atoms with Gasteiger partial charge in [0.1, 0.15) is 0 Å². The molecule has 0 atom stereocenters. The first-order chi connectivity index (χ1) is 10.3. The van der Waals surface area contributed by atoms with Crippen molar-refractivity contribution in [2.45, 2.75) is 77.8 Å². The molecule has 24 heavy (non-hydrogen) atoms. The molecule has 1 aromatic carbocycles. The van der Waals surface area contributed by atoms with Crippen LogP contribution in [0, 0.1) is 19.3 Å². The van der Waals surface area contributed by atoms with E-state index in [0.29, 0.717) is 15.5 Å². The summed E-state index contributed by atoms with van der Waals surface area (Å²) >= 11 is 0. The van der Waals surface area contributed by atoms with Crippen molar-refractivity contribution in [3.8, 4) is 0 Å². The normalized spacial score (nSPS) is 11.2. The van der Waals surface area contributed by atoms with Crippen molar-refractivity contribution in [1.82, 2.24) is 0 Å². The fourth-order valence-corrected chi connectivity index (χ4v) is 9.59. The number of rotatable bonds is 1. The molecule has 0 aromatic heterocycles. The van der Waals surface area contributed by atoms with Crippen molar-refractivity contribution in [2.24, 2.45) is 0 Å². The Bertz CT molecular complexity index is 425. The molecule has 2 radical (unpaired) electrons. The molecule has 1 aromatic rings. The molecule has 0 bridgehead atoms.